The van der Waals surface area contributed by atoms with Crippen molar-refractivity contribution in [3.05, 3.63) is 23.8 Å². The van der Waals surface area contributed by atoms with Crippen LogP contribution in [0.5, 0.6) is 5.75 Å². The first-order valence-corrected chi connectivity index (χ1v) is 11.7. The molecule has 0 aromatic heterocycles. The van der Waals surface area contributed by atoms with Gasteiger partial charge in [0.15, 0.2) is 0 Å². The number of hydrogen-bond acceptors (Lipinski definition) is 6. The first-order valence-electron chi connectivity index (χ1n) is 10.3. The molecule has 0 radical (unpaired) electrons. The van der Waals surface area contributed by atoms with Gasteiger partial charge in [-0.1, -0.05) is 12.8 Å². The molecule has 3 rings (SSSR count). The molecule has 0 spiro atoms. The van der Waals surface area contributed by atoms with Crippen LogP contribution in [-0.4, -0.2) is 83.1 Å². The van der Waals surface area contributed by atoms with E-state index in [1.165, 1.54) is 17.5 Å². The first-order chi connectivity index (χ1) is 14.0. The molecule has 1 N–H and O–H groups in total. The van der Waals surface area contributed by atoms with E-state index in [-0.39, 0.29) is 16.6 Å². The predicted molar refractivity (Wildman–Crippen MR) is 110 cm³/mol. The third kappa shape index (κ3) is 5.69. The van der Waals surface area contributed by atoms with E-state index in [1.807, 2.05) is 0 Å². The number of carbonyl (C=O) groups excluding carboxylic acids is 1. The van der Waals surface area contributed by atoms with E-state index in [4.69, 9.17) is 9.47 Å². The molecule has 0 aliphatic carbocycles. The number of nitrogens with zero attached hydrogens (tertiary/aromatic N) is 2. The van der Waals surface area contributed by atoms with Gasteiger partial charge in [0, 0.05) is 44.8 Å². The summed E-state index contributed by atoms with van der Waals surface area (Å²) in [6.45, 7) is 5.38. The van der Waals surface area contributed by atoms with Gasteiger partial charge in [0.25, 0.3) is 5.91 Å². The molecule has 162 valence electrons. The quantitative estimate of drug-likeness (QED) is 0.709. The molecule has 1 aromatic carbocycles. The van der Waals surface area contributed by atoms with E-state index in [0.717, 1.165) is 45.3 Å². The van der Waals surface area contributed by atoms with Crippen molar-refractivity contribution < 1.29 is 22.7 Å². The summed E-state index contributed by atoms with van der Waals surface area (Å²) in [5, 5.41) is 2.88. The van der Waals surface area contributed by atoms with E-state index < -0.39 is 10.0 Å². The molecule has 1 amide bonds. The van der Waals surface area contributed by atoms with Crippen molar-refractivity contribution in [2.24, 2.45) is 0 Å². The Balaban J connectivity index is 1.71. The predicted octanol–water partition coefficient (Wildman–Crippen LogP) is 1.32. The molecule has 9 heteroatoms. The molecule has 2 fully saturated rings. The normalized spacial score (nSPS) is 19.5. The van der Waals surface area contributed by atoms with Crippen LogP contribution in [0.3, 0.4) is 0 Å². The fourth-order valence-electron chi connectivity index (χ4n) is 3.70. The first kappa shape index (κ1) is 22.0. The second kappa shape index (κ2) is 10.4. The Hall–Kier alpha value is -1.68. The van der Waals surface area contributed by atoms with Crippen LogP contribution < -0.4 is 10.1 Å². The lowest BCUT2D eigenvalue weighted by molar-refractivity contribution is 0.0383. The van der Waals surface area contributed by atoms with Crippen LogP contribution >= 0.6 is 0 Å². The van der Waals surface area contributed by atoms with Gasteiger partial charge >= 0.3 is 0 Å². The van der Waals surface area contributed by atoms with Gasteiger partial charge in [0.05, 0.1) is 20.3 Å². The van der Waals surface area contributed by atoms with Crippen molar-refractivity contribution in [3.8, 4) is 5.75 Å². The van der Waals surface area contributed by atoms with Crippen LogP contribution in [0.4, 0.5) is 0 Å². The number of nitrogens with one attached hydrogen (secondary N) is 1. The molecule has 0 bridgehead atoms. The third-order valence-corrected chi connectivity index (χ3v) is 7.35. The molecule has 8 nitrogen and oxygen atoms in total. The van der Waals surface area contributed by atoms with E-state index in [1.54, 1.807) is 12.1 Å². The highest BCUT2D eigenvalue weighted by molar-refractivity contribution is 7.89. The van der Waals surface area contributed by atoms with Crippen molar-refractivity contribution in [1.82, 2.24) is 14.5 Å². The number of amides is 1. The molecule has 1 aromatic rings. The molecular weight excluding hydrogens is 394 g/mol. The number of morpholine rings is 1. The number of ether oxygens (including phenoxy) is 2. The number of carbonyl (C=O) groups is 1. The van der Waals surface area contributed by atoms with E-state index in [2.05, 4.69) is 10.2 Å². The smallest absolute Gasteiger partial charge is 0.251 e. The molecule has 0 unspecified atom stereocenters. The second-order valence-corrected chi connectivity index (χ2v) is 9.30. The van der Waals surface area contributed by atoms with Gasteiger partial charge in [0.1, 0.15) is 10.6 Å². The Bertz CT molecular complexity index is 785. The highest BCUT2D eigenvalue weighted by atomic mass is 32.2. The number of hydrogen-bond donors (Lipinski definition) is 1. The lowest BCUT2D eigenvalue weighted by Gasteiger charge is -2.26. The van der Waals surface area contributed by atoms with Crippen LogP contribution in [0.15, 0.2) is 23.1 Å². The minimum Gasteiger partial charge on any atom is -0.495 e. The minimum atomic E-state index is -3.72. The van der Waals surface area contributed by atoms with Crippen LogP contribution in [-0.2, 0) is 14.8 Å². The van der Waals surface area contributed by atoms with Gasteiger partial charge in [-0.2, -0.15) is 4.31 Å². The summed E-state index contributed by atoms with van der Waals surface area (Å²) in [5.74, 6) is -0.0210. The third-order valence-electron chi connectivity index (χ3n) is 5.43. The number of sulfonamides is 1. The molecule has 2 saturated heterocycles. The van der Waals surface area contributed by atoms with E-state index in [0.29, 0.717) is 38.4 Å². The summed E-state index contributed by atoms with van der Waals surface area (Å²) in [4.78, 5) is 14.9. The summed E-state index contributed by atoms with van der Waals surface area (Å²) in [6.07, 6.45) is 3.77. The van der Waals surface area contributed by atoms with Crippen LogP contribution in [0.1, 0.15) is 36.0 Å². The number of methoxy groups -OCH3 is 1. The summed E-state index contributed by atoms with van der Waals surface area (Å²) >= 11 is 0. The SMILES string of the molecule is COc1ccc(C(=O)NCCN2CCOCC2)cc1S(=O)(=O)N1CCCCCC1. The monoisotopic (exact) mass is 425 g/mol. The topological polar surface area (TPSA) is 88.2 Å². The Morgan fingerprint density at radius 1 is 1.10 bits per heavy atom. The van der Waals surface area contributed by atoms with Gasteiger partial charge in [-0.05, 0) is 31.0 Å². The molecule has 29 heavy (non-hydrogen) atoms. The van der Waals surface area contributed by atoms with Crippen LogP contribution in [0.25, 0.3) is 0 Å². The van der Waals surface area contributed by atoms with Crippen molar-refractivity contribution in [2.75, 3.05) is 59.6 Å². The van der Waals surface area contributed by atoms with Crippen LogP contribution in [0, 0.1) is 0 Å². The number of rotatable bonds is 7. The maximum atomic E-state index is 13.2. The molecule has 2 aliphatic rings. The standard InChI is InChI=1S/C20H31N3O5S/c1-27-18-7-6-17(20(24)21-8-11-22-12-14-28-15-13-22)16-19(18)29(25,26)23-9-4-2-3-5-10-23/h6-7,16H,2-5,8-15H2,1H3,(H,21,24). The average Bonchev–Trinajstić information content (AvgIpc) is 3.04. The zero-order valence-electron chi connectivity index (χ0n) is 17.1. The zero-order chi connectivity index (χ0) is 20.7. The van der Waals surface area contributed by atoms with Crippen LogP contribution in [0.2, 0.25) is 0 Å². The van der Waals surface area contributed by atoms with Gasteiger partial charge in [-0.15, -0.1) is 0 Å². The van der Waals surface area contributed by atoms with E-state index >= 15 is 0 Å². The maximum Gasteiger partial charge on any atom is 0.251 e. The van der Waals surface area contributed by atoms with Crippen molar-refractivity contribution in [3.63, 3.8) is 0 Å². The highest BCUT2D eigenvalue weighted by Gasteiger charge is 2.29. The lowest BCUT2D eigenvalue weighted by Crippen LogP contribution is -2.41. The molecule has 0 atom stereocenters. The molecule has 0 saturated carbocycles. The van der Waals surface area contributed by atoms with Crippen molar-refractivity contribution in [2.45, 2.75) is 30.6 Å². The van der Waals surface area contributed by atoms with Gasteiger partial charge in [-0.3, -0.25) is 9.69 Å². The van der Waals surface area contributed by atoms with Gasteiger partial charge in [-0.25, -0.2) is 8.42 Å². The van der Waals surface area contributed by atoms with Gasteiger partial charge < -0.3 is 14.8 Å². The zero-order valence-corrected chi connectivity index (χ0v) is 17.9. The summed E-state index contributed by atoms with van der Waals surface area (Å²) in [5.41, 5.74) is 0.321. The summed E-state index contributed by atoms with van der Waals surface area (Å²) in [6, 6.07) is 4.59. The summed E-state index contributed by atoms with van der Waals surface area (Å²) in [7, 11) is -2.27. The Morgan fingerprint density at radius 2 is 1.79 bits per heavy atom. The minimum absolute atomic E-state index is 0.0581. The Kier molecular flexibility index (Phi) is 7.88. The van der Waals surface area contributed by atoms with Gasteiger partial charge in [0.2, 0.25) is 10.0 Å². The Labute approximate surface area is 173 Å². The molecule has 2 heterocycles. The fourth-order valence-corrected chi connectivity index (χ4v) is 5.39. The molecular formula is C20H31N3O5S. The lowest BCUT2D eigenvalue weighted by atomic mass is 10.2. The average molecular weight is 426 g/mol. The highest BCUT2D eigenvalue weighted by Crippen LogP contribution is 2.29. The largest absolute Gasteiger partial charge is 0.495 e. The maximum absolute atomic E-state index is 13.2. The fraction of sp³-hybridized carbons (Fsp3) is 0.650. The Morgan fingerprint density at radius 3 is 2.45 bits per heavy atom. The number of benzene rings is 1. The van der Waals surface area contributed by atoms with E-state index in [9.17, 15) is 13.2 Å². The van der Waals surface area contributed by atoms with Crippen molar-refractivity contribution >= 4 is 15.9 Å². The van der Waals surface area contributed by atoms with Crippen molar-refractivity contribution in [1.29, 1.82) is 0 Å². The molecule has 2 aliphatic heterocycles. The summed E-state index contributed by atoms with van der Waals surface area (Å²) < 4.78 is 38.5. The second-order valence-electron chi connectivity index (χ2n) is 7.39.